The number of hydrogen-bond acceptors (Lipinski definition) is 5. The van der Waals surface area contributed by atoms with Gasteiger partial charge in [0, 0.05) is 5.56 Å². The number of esters is 1. The molecule has 0 unspecified atom stereocenters. The number of rotatable bonds is 6. The van der Waals surface area contributed by atoms with Gasteiger partial charge in [0.2, 0.25) is 0 Å². The molecule has 2 aromatic heterocycles. The van der Waals surface area contributed by atoms with Crippen LogP contribution < -0.4 is 0 Å². The fourth-order valence-corrected chi connectivity index (χ4v) is 3.60. The van der Waals surface area contributed by atoms with Gasteiger partial charge in [0.05, 0.1) is 34.2 Å². The molecule has 2 heterocycles. The third-order valence-electron chi connectivity index (χ3n) is 5.29. The van der Waals surface area contributed by atoms with Crippen molar-refractivity contribution in [3.8, 4) is 22.8 Å². The van der Waals surface area contributed by atoms with Gasteiger partial charge in [-0.1, -0.05) is 55.8 Å². The van der Waals surface area contributed by atoms with E-state index in [1.807, 2.05) is 60.7 Å². The second-order valence-electron chi connectivity index (χ2n) is 7.58. The van der Waals surface area contributed by atoms with Gasteiger partial charge in [0.1, 0.15) is 11.4 Å². The van der Waals surface area contributed by atoms with E-state index in [0.717, 1.165) is 46.2 Å². The number of imidazole rings is 1. The van der Waals surface area contributed by atoms with Gasteiger partial charge in [0.25, 0.3) is 0 Å². The Balaban J connectivity index is 1.60. The number of hydrogen-bond donors (Lipinski definition) is 1. The molecule has 0 radical (unpaired) electrons. The zero-order valence-corrected chi connectivity index (χ0v) is 17.7. The zero-order chi connectivity index (χ0) is 21.9. The van der Waals surface area contributed by atoms with E-state index in [1.165, 1.54) is 0 Å². The lowest BCUT2D eigenvalue weighted by Crippen LogP contribution is -2.06. The number of fused-ring (bicyclic) bond motifs is 2. The molecule has 0 saturated heterocycles. The highest BCUT2D eigenvalue weighted by atomic mass is 16.5. The van der Waals surface area contributed by atoms with Crippen LogP contribution in [0.1, 0.15) is 30.1 Å². The lowest BCUT2D eigenvalue weighted by molar-refractivity contribution is 0.0500. The lowest BCUT2D eigenvalue weighted by Gasteiger charge is -2.08. The lowest BCUT2D eigenvalue weighted by atomic mass is 10.1. The zero-order valence-electron chi connectivity index (χ0n) is 17.7. The largest absolute Gasteiger partial charge is 0.462 e. The minimum atomic E-state index is -0.327. The monoisotopic (exact) mass is 422 g/mol. The van der Waals surface area contributed by atoms with Crippen LogP contribution in [-0.4, -0.2) is 32.5 Å². The first-order valence-corrected chi connectivity index (χ1v) is 10.7. The number of nitrogens with zero attached hydrogens (tertiary/aromatic N) is 3. The Kier molecular flexibility index (Phi) is 5.34. The first-order chi connectivity index (χ1) is 15.7. The molecule has 0 saturated carbocycles. The molecule has 0 bridgehead atoms. The highest BCUT2D eigenvalue weighted by molar-refractivity contribution is 5.94. The van der Waals surface area contributed by atoms with Crippen LogP contribution in [0.4, 0.5) is 0 Å². The van der Waals surface area contributed by atoms with Crippen LogP contribution in [0.15, 0.2) is 72.8 Å². The molecule has 6 nitrogen and oxygen atoms in total. The molecule has 3 aromatic carbocycles. The van der Waals surface area contributed by atoms with Gasteiger partial charge < -0.3 is 9.72 Å². The quantitative estimate of drug-likeness (QED) is 0.276. The molecule has 0 amide bonds. The molecule has 5 aromatic rings. The van der Waals surface area contributed by atoms with Gasteiger partial charge in [-0.2, -0.15) is 0 Å². The number of benzene rings is 3. The number of aromatic amines is 1. The maximum Gasteiger partial charge on any atom is 0.338 e. The van der Waals surface area contributed by atoms with E-state index in [0.29, 0.717) is 23.7 Å². The summed E-state index contributed by atoms with van der Waals surface area (Å²) < 4.78 is 5.34. The van der Waals surface area contributed by atoms with Crippen LogP contribution in [0.25, 0.3) is 44.8 Å². The molecule has 158 valence electrons. The number of ether oxygens (including phenoxy) is 1. The van der Waals surface area contributed by atoms with E-state index >= 15 is 0 Å². The average molecular weight is 422 g/mol. The predicted molar refractivity (Wildman–Crippen MR) is 125 cm³/mol. The summed E-state index contributed by atoms with van der Waals surface area (Å²) in [6, 6.07) is 23.1. The second kappa shape index (κ2) is 8.59. The van der Waals surface area contributed by atoms with Crippen molar-refractivity contribution in [2.45, 2.75) is 19.8 Å². The van der Waals surface area contributed by atoms with Crippen molar-refractivity contribution in [3.05, 3.63) is 78.4 Å². The molecule has 1 N–H and O–H groups in total. The third kappa shape index (κ3) is 3.83. The molecular formula is C26H22N4O2. The summed E-state index contributed by atoms with van der Waals surface area (Å²) >= 11 is 0. The van der Waals surface area contributed by atoms with Crippen molar-refractivity contribution in [1.82, 2.24) is 19.9 Å². The maximum atomic E-state index is 12.3. The van der Waals surface area contributed by atoms with Crippen molar-refractivity contribution < 1.29 is 9.53 Å². The van der Waals surface area contributed by atoms with Crippen LogP contribution in [0.2, 0.25) is 0 Å². The molecule has 0 fully saturated rings. The highest BCUT2D eigenvalue weighted by Gasteiger charge is 2.17. The minimum absolute atomic E-state index is 0.327. The number of H-pyrrole nitrogens is 1. The Labute approximate surface area is 185 Å². The fourth-order valence-electron chi connectivity index (χ4n) is 3.60. The molecular weight excluding hydrogens is 400 g/mol. The summed E-state index contributed by atoms with van der Waals surface area (Å²) in [4.78, 5) is 30.2. The molecule has 6 heteroatoms. The van der Waals surface area contributed by atoms with Crippen molar-refractivity contribution in [2.24, 2.45) is 0 Å². The Morgan fingerprint density at radius 1 is 0.844 bits per heavy atom. The summed E-state index contributed by atoms with van der Waals surface area (Å²) in [5.41, 5.74) is 5.99. The van der Waals surface area contributed by atoms with Gasteiger partial charge in [-0.3, -0.25) is 0 Å². The third-order valence-corrected chi connectivity index (χ3v) is 5.29. The Morgan fingerprint density at radius 2 is 1.56 bits per heavy atom. The van der Waals surface area contributed by atoms with E-state index in [9.17, 15) is 4.79 Å². The standard InChI is InChI=1S/C26H22N4O2/c1-2-3-15-32-26(31)18-13-14-21-22(16-18)30-25(29-21)24-23(17-9-5-4-6-10-17)27-19-11-7-8-12-20(19)28-24/h4-14,16H,2-3,15H2,1H3,(H,29,30). The molecule has 0 spiro atoms. The summed E-state index contributed by atoms with van der Waals surface area (Å²) in [5, 5.41) is 0. The van der Waals surface area contributed by atoms with Crippen molar-refractivity contribution in [3.63, 3.8) is 0 Å². The van der Waals surface area contributed by atoms with Gasteiger partial charge in [-0.15, -0.1) is 0 Å². The number of carbonyl (C=O) groups is 1. The van der Waals surface area contributed by atoms with Gasteiger partial charge in [0.15, 0.2) is 5.82 Å². The van der Waals surface area contributed by atoms with Crippen LogP contribution in [-0.2, 0) is 4.74 Å². The molecule has 0 atom stereocenters. The number of unbranched alkanes of at least 4 members (excludes halogenated alkanes) is 1. The van der Waals surface area contributed by atoms with Crippen LogP contribution in [0, 0.1) is 0 Å². The van der Waals surface area contributed by atoms with E-state index in [1.54, 1.807) is 12.1 Å². The Bertz CT molecular complexity index is 1410. The number of para-hydroxylation sites is 2. The number of aromatic nitrogens is 4. The van der Waals surface area contributed by atoms with E-state index in [-0.39, 0.29) is 5.97 Å². The van der Waals surface area contributed by atoms with E-state index in [4.69, 9.17) is 19.7 Å². The van der Waals surface area contributed by atoms with Crippen LogP contribution in [0.5, 0.6) is 0 Å². The first-order valence-electron chi connectivity index (χ1n) is 10.7. The first kappa shape index (κ1) is 19.9. The SMILES string of the molecule is CCCCOC(=O)c1ccc2nc(-c3nc4ccccc4nc3-c3ccccc3)[nH]c2c1. The number of nitrogens with one attached hydrogen (secondary N) is 1. The van der Waals surface area contributed by atoms with Crippen molar-refractivity contribution >= 4 is 28.0 Å². The molecule has 0 aliphatic rings. The van der Waals surface area contributed by atoms with Crippen LogP contribution >= 0.6 is 0 Å². The van der Waals surface area contributed by atoms with Gasteiger partial charge >= 0.3 is 5.97 Å². The molecule has 0 aliphatic heterocycles. The highest BCUT2D eigenvalue weighted by Crippen LogP contribution is 2.30. The summed E-state index contributed by atoms with van der Waals surface area (Å²) in [6.07, 6.45) is 1.83. The van der Waals surface area contributed by atoms with E-state index in [2.05, 4.69) is 11.9 Å². The summed E-state index contributed by atoms with van der Waals surface area (Å²) in [7, 11) is 0. The maximum absolute atomic E-state index is 12.3. The average Bonchev–Trinajstić information content (AvgIpc) is 3.27. The topological polar surface area (TPSA) is 80.8 Å². The minimum Gasteiger partial charge on any atom is -0.462 e. The van der Waals surface area contributed by atoms with E-state index < -0.39 is 0 Å². The van der Waals surface area contributed by atoms with Gasteiger partial charge in [-0.25, -0.2) is 19.7 Å². The van der Waals surface area contributed by atoms with Crippen molar-refractivity contribution in [2.75, 3.05) is 6.61 Å². The fraction of sp³-hybridized carbons (Fsp3) is 0.154. The Hall–Kier alpha value is -4.06. The summed E-state index contributed by atoms with van der Waals surface area (Å²) in [5.74, 6) is 0.278. The number of carbonyl (C=O) groups excluding carboxylic acids is 1. The molecule has 32 heavy (non-hydrogen) atoms. The predicted octanol–water partition coefficient (Wildman–Crippen LogP) is 5.80. The Morgan fingerprint density at radius 3 is 2.31 bits per heavy atom. The normalized spacial score (nSPS) is 11.2. The molecule has 0 aliphatic carbocycles. The smallest absolute Gasteiger partial charge is 0.338 e. The summed E-state index contributed by atoms with van der Waals surface area (Å²) in [6.45, 7) is 2.49. The molecule has 5 rings (SSSR count). The van der Waals surface area contributed by atoms with Gasteiger partial charge in [-0.05, 0) is 36.8 Å². The van der Waals surface area contributed by atoms with Crippen LogP contribution in [0.3, 0.4) is 0 Å². The van der Waals surface area contributed by atoms with Crippen molar-refractivity contribution in [1.29, 1.82) is 0 Å². The second-order valence-corrected chi connectivity index (χ2v) is 7.58.